The lowest BCUT2D eigenvalue weighted by Crippen LogP contribution is -2.26. The molecule has 1 amide bonds. The molecule has 0 heterocycles. The second kappa shape index (κ2) is 6.57. The first kappa shape index (κ1) is 15.3. The van der Waals surface area contributed by atoms with Crippen molar-refractivity contribution in [1.82, 2.24) is 5.32 Å². The van der Waals surface area contributed by atoms with E-state index in [0.717, 1.165) is 23.1 Å². The lowest BCUT2D eigenvalue weighted by atomic mass is 10.0. The topological polar surface area (TPSA) is 29.1 Å². The molecule has 110 valence electrons. The summed E-state index contributed by atoms with van der Waals surface area (Å²) in [6.45, 7) is 8.23. The second-order valence-corrected chi connectivity index (χ2v) is 5.59. The van der Waals surface area contributed by atoms with E-state index >= 15 is 0 Å². The molecular formula is C19H23NO. The molecular weight excluding hydrogens is 258 g/mol. The van der Waals surface area contributed by atoms with Gasteiger partial charge < -0.3 is 5.32 Å². The van der Waals surface area contributed by atoms with E-state index in [1.165, 1.54) is 11.1 Å². The number of hydrogen-bond donors (Lipinski definition) is 1. The Morgan fingerprint density at radius 1 is 1.05 bits per heavy atom. The SMILES string of the molecule is CCc1ccc([C@H](C)NC(=O)c2ccc(C)c(C)c2)cc1. The third kappa shape index (κ3) is 3.72. The molecule has 2 aromatic rings. The first-order valence-corrected chi connectivity index (χ1v) is 7.48. The van der Waals surface area contributed by atoms with Crippen molar-refractivity contribution in [2.75, 3.05) is 0 Å². The molecule has 0 aromatic heterocycles. The van der Waals surface area contributed by atoms with Gasteiger partial charge in [0.05, 0.1) is 6.04 Å². The van der Waals surface area contributed by atoms with Crippen molar-refractivity contribution >= 4 is 5.91 Å². The van der Waals surface area contributed by atoms with Crippen molar-refractivity contribution in [2.24, 2.45) is 0 Å². The van der Waals surface area contributed by atoms with Gasteiger partial charge in [0, 0.05) is 5.56 Å². The third-order valence-corrected chi connectivity index (χ3v) is 4.00. The summed E-state index contributed by atoms with van der Waals surface area (Å²) < 4.78 is 0. The van der Waals surface area contributed by atoms with E-state index in [-0.39, 0.29) is 11.9 Å². The second-order valence-electron chi connectivity index (χ2n) is 5.59. The number of benzene rings is 2. The monoisotopic (exact) mass is 281 g/mol. The van der Waals surface area contributed by atoms with Gasteiger partial charge in [0.1, 0.15) is 0 Å². The number of carbonyl (C=O) groups is 1. The zero-order valence-electron chi connectivity index (χ0n) is 13.2. The fourth-order valence-corrected chi connectivity index (χ4v) is 2.29. The summed E-state index contributed by atoms with van der Waals surface area (Å²) in [7, 11) is 0. The first-order valence-electron chi connectivity index (χ1n) is 7.48. The summed E-state index contributed by atoms with van der Waals surface area (Å²) >= 11 is 0. The lowest BCUT2D eigenvalue weighted by molar-refractivity contribution is 0.0940. The highest BCUT2D eigenvalue weighted by Gasteiger charge is 2.11. The molecule has 0 saturated carbocycles. The van der Waals surface area contributed by atoms with Crippen molar-refractivity contribution in [3.63, 3.8) is 0 Å². The molecule has 1 atom stereocenters. The molecule has 0 aliphatic carbocycles. The Kier molecular flexibility index (Phi) is 4.79. The van der Waals surface area contributed by atoms with Gasteiger partial charge in [0.15, 0.2) is 0 Å². The summed E-state index contributed by atoms with van der Waals surface area (Å²) in [5, 5.41) is 3.06. The van der Waals surface area contributed by atoms with E-state index in [1.807, 2.05) is 32.0 Å². The van der Waals surface area contributed by atoms with Crippen LogP contribution in [0.25, 0.3) is 0 Å². The van der Waals surface area contributed by atoms with Crippen LogP contribution in [0, 0.1) is 13.8 Å². The Labute approximate surface area is 127 Å². The summed E-state index contributed by atoms with van der Waals surface area (Å²) in [5.74, 6) is -0.0230. The van der Waals surface area contributed by atoms with Crippen LogP contribution in [0.3, 0.4) is 0 Å². The van der Waals surface area contributed by atoms with E-state index in [9.17, 15) is 4.79 Å². The summed E-state index contributed by atoms with van der Waals surface area (Å²) in [5.41, 5.74) is 5.50. The molecule has 0 bridgehead atoms. The van der Waals surface area contributed by atoms with Crippen LogP contribution in [0.1, 0.15) is 52.5 Å². The Morgan fingerprint density at radius 3 is 2.29 bits per heavy atom. The predicted molar refractivity (Wildman–Crippen MR) is 87.6 cm³/mol. The zero-order valence-corrected chi connectivity index (χ0v) is 13.2. The largest absolute Gasteiger partial charge is 0.346 e. The summed E-state index contributed by atoms with van der Waals surface area (Å²) in [6, 6.07) is 14.2. The van der Waals surface area contributed by atoms with Gasteiger partial charge in [-0.1, -0.05) is 37.3 Å². The number of aryl methyl sites for hydroxylation is 3. The van der Waals surface area contributed by atoms with Crippen LogP contribution in [0.5, 0.6) is 0 Å². The van der Waals surface area contributed by atoms with Crippen LogP contribution < -0.4 is 5.32 Å². The average molecular weight is 281 g/mol. The average Bonchev–Trinajstić information content (AvgIpc) is 2.50. The molecule has 1 N–H and O–H groups in total. The van der Waals surface area contributed by atoms with Gasteiger partial charge in [0.25, 0.3) is 5.91 Å². The Hall–Kier alpha value is -2.09. The fourth-order valence-electron chi connectivity index (χ4n) is 2.29. The van der Waals surface area contributed by atoms with E-state index in [2.05, 4.69) is 43.4 Å². The van der Waals surface area contributed by atoms with Crippen molar-refractivity contribution in [3.8, 4) is 0 Å². The van der Waals surface area contributed by atoms with Crippen LogP contribution in [0.15, 0.2) is 42.5 Å². The van der Waals surface area contributed by atoms with Gasteiger partial charge in [0.2, 0.25) is 0 Å². The normalized spacial score (nSPS) is 12.0. The van der Waals surface area contributed by atoms with Gasteiger partial charge in [-0.3, -0.25) is 4.79 Å². The van der Waals surface area contributed by atoms with E-state index in [1.54, 1.807) is 0 Å². The molecule has 0 radical (unpaired) electrons. The molecule has 2 rings (SSSR count). The van der Waals surface area contributed by atoms with Gasteiger partial charge >= 0.3 is 0 Å². The molecule has 0 aliphatic heterocycles. The van der Waals surface area contributed by atoms with Gasteiger partial charge in [-0.2, -0.15) is 0 Å². The maximum Gasteiger partial charge on any atom is 0.251 e. The van der Waals surface area contributed by atoms with Gasteiger partial charge in [-0.15, -0.1) is 0 Å². The quantitative estimate of drug-likeness (QED) is 0.886. The number of rotatable bonds is 4. The minimum Gasteiger partial charge on any atom is -0.346 e. The van der Waals surface area contributed by atoms with Gasteiger partial charge in [-0.25, -0.2) is 0 Å². The predicted octanol–water partition coefficient (Wildman–Crippen LogP) is 4.36. The molecule has 2 aromatic carbocycles. The van der Waals surface area contributed by atoms with Crippen molar-refractivity contribution in [2.45, 2.75) is 40.2 Å². The van der Waals surface area contributed by atoms with Crippen LogP contribution in [0.4, 0.5) is 0 Å². The van der Waals surface area contributed by atoms with Crippen molar-refractivity contribution < 1.29 is 4.79 Å². The maximum absolute atomic E-state index is 12.3. The molecule has 0 unspecified atom stereocenters. The van der Waals surface area contributed by atoms with E-state index in [0.29, 0.717) is 0 Å². The number of carbonyl (C=O) groups excluding carboxylic acids is 1. The van der Waals surface area contributed by atoms with E-state index in [4.69, 9.17) is 0 Å². The first-order chi connectivity index (χ1) is 10.0. The molecule has 2 nitrogen and oxygen atoms in total. The Bertz CT molecular complexity index is 629. The fraction of sp³-hybridized carbons (Fsp3) is 0.316. The zero-order chi connectivity index (χ0) is 15.4. The minimum atomic E-state index is -0.0230. The van der Waals surface area contributed by atoms with Crippen LogP contribution in [-0.4, -0.2) is 5.91 Å². The Balaban J connectivity index is 2.08. The van der Waals surface area contributed by atoms with Crippen LogP contribution >= 0.6 is 0 Å². The highest BCUT2D eigenvalue weighted by Crippen LogP contribution is 2.16. The standard InChI is InChI=1S/C19H23NO/c1-5-16-7-10-17(11-8-16)15(4)20-19(21)18-9-6-13(2)14(3)12-18/h6-12,15H,5H2,1-4H3,(H,20,21)/t15-/m0/s1. The summed E-state index contributed by atoms with van der Waals surface area (Å²) in [6.07, 6.45) is 1.03. The smallest absolute Gasteiger partial charge is 0.251 e. The molecule has 0 aliphatic rings. The Morgan fingerprint density at radius 2 is 1.71 bits per heavy atom. The molecule has 0 saturated heterocycles. The van der Waals surface area contributed by atoms with E-state index < -0.39 is 0 Å². The lowest BCUT2D eigenvalue weighted by Gasteiger charge is -2.15. The van der Waals surface area contributed by atoms with Crippen LogP contribution in [-0.2, 0) is 6.42 Å². The number of amides is 1. The van der Waals surface area contributed by atoms with Crippen molar-refractivity contribution in [3.05, 3.63) is 70.3 Å². The molecule has 0 fully saturated rings. The van der Waals surface area contributed by atoms with Gasteiger partial charge in [-0.05, 0) is 61.6 Å². The van der Waals surface area contributed by atoms with Crippen molar-refractivity contribution in [1.29, 1.82) is 0 Å². The molecule has 21 heavy (non-hydrogen) atoms. The minimum absolute atomic E-state index is 0.00464. The maximum atomic E-state index is 12.3. The number of nitrogens with one attached hydrogen (secondary N) is 1. The molecule has 2 heteroatoms. The number of hydrogen-bond acceptors (Lipinski definition) is 1. The highest BCUT2D eigenvalue weighted by molar-refractivity contribution is 5.94. The molecule has 0 spiro atoms. The summed E-state index contributed by atoms with van der Waals surface area (Å²) in [4.78, 5) is 12.3. The van der Waals surface area contributed by atoms with Crippen LogP contribution in [0.2, 0.25) is 0 Å². The highest BCUT2D eigenvalue weighted by atomic mass is 16.1. The third-order valence-electron chi connectivity index (χ3n) is 4.00.